The summed E-state index contributed by atoms with van der Waals surface area (Å²) in [7, 11) is 0. The summed E-state index contributed by atoms with van der Waals surface area (Å²) in [6, 6.07) is 46.0. The van der Waals surface area contributed by atoms with E-state index in [0.29, 0.717) is 0 Å². The van der Waals surface area contributed by atoms with Gasteiger partial charge in [-0.2, -0.15) is 0 Å². The topological polar surface area (TPSA) is 56.2 Å². The highest BCUT2D eigenvalue weighted by atomic mass is 16.3. The molecule has 0 saturated heterocycles. The lowest BCUT2D eigenvalue weighted by molar-refractivity contribution is 0.650. The molecule has 0 N–H and O–H groups in total. The van der Waals surface area contributed by atoms with E-state index in [9.17, 15) is 0 Å². The molecule has 0 radical (unpaired) electrons. The Morgan fingerprint density at radius 2 is 1.16 bits per heavy atom. The van der Waals surface area contributed by atoms with E-state index in [1.807, 2.05) is 30.3 Å². The predicted molar refractivity (Wildman–Crippen MR) is 179 cm³/mol. The quantitative estimate of drug-likeness (QED) is 0.197. The van der Waals surface area contributed by atoms with Gasteiger partial charge in [0.1, 0.15) is 11.2 Å². The standard InChI is InChI=1S/C39H22N4O/c1-2-8-23(9-3-1)30-19-16-24-14-15-25-17-20-31(41-37(25)36(24)40-30)26-18-21-34-29(22-26)35-27-10-4-5-11-28(27)38-42-32-12-6-7-13-33(32)43(38)39(35)44-34/h1-22H. The van der Waals surface area contributed by atoms with Crippen LogP contribution in [-0.2, 0) is 0 Å². The van der Waals surface area contributed by atoms with Crippen LogP contribution < -0.4 is 0 Å². The number of pyridine rings is 3. The van der Waals surface area contributed by atoms with Gasteiger partial charge in [0.2, 0.25) is 5.71 Å². The van der Waals surface area contributed by atoms with Gasteiger partial charge in [0, 0.05) is 32.7 Å². The van der Waals surface area contributed by atoms with Crippen molar-refractivity contribution in [1.29, 1.82) is 0 Å². The molecule has 5 aromatic carbocycles. The average molecular weight is 563 g/mol. The molecule has 10 rings (SSSR count). The highest BCUT2D eigenvalue weighted by Crippen LogP contribution is 2.40. The highest BCUT2D eigenvalue weighted by molar-refractivity contribution is 6.22. The largest absolute Gasteiger partial charge is 0.439 e. The number of imidazole rings is 1. The van der Waals surface area contributed by atoms with Crippen molar-refractivity contribution in [2.24, 2.45) is 0 Å². The van der Waals surface area contributed by atoms with E-state index in [0.717, 1.165) is 93.8 Å². The first-order chi connectivity index (χ1) is 21.8. The van der Waals surface area contributed by atoms with E-state index in [-0.39, 0.29) is 0 Å². The van der Waals surface area contributed by atoms with Crippen molar-refractivity contribution < 1.29 is 4.42 Å². The second kappa shape index (κ2) is 8.72. The Morgan fingerprint density at radius 3 is 1.95 bits per heavy atom. The third-order valence-corrected chi connectivity index (χ3v) is 8.76. The first kappa shape index (κ1) is 23.5. The molecule has 0 spiro atoms. The molecule has 5 heterocycles. The lowest BCUT2D eigenvalue weighted by atomic mass is 10.0. The molecule has 0 amide bonds. The number of hydrogen-bond donors (Lipinski definition) is 0. The summed E-state index contributed by atoms with van der Waals surface area (Å²) in [5.41, 5.74) is 10.3. The van der Waals surface area contributed by atoms with Crippen LogP contribution in [0.4, 0.5) is 0 Å². The minimum Gasteiger partial charge on any atom is -0.439 e. The molecule has 5 heteroatoms. The summed E-state index contributed by atoms with van der Waals surface area (Å²) in [6.07, 6.45) is 0. The Hall–Kier alpha value is -6.07. The van der Waals surface area contributed by atoms with E-state index < -0.39 is 0 Å². The fourth-order valence-electron chi connectivity index (χ4n) is 6.67. The minimum absolute atomic E-state index is 0.801. The lowest BCUT2D eigenvalue weighted by Gasteiger charge is -2.08. The molecule has 44 heavy (non-hydrogen) atoms. The molecule has 0 aliphatic carbocycles. The highest BCUT2D eigenvalue weighted by Gasteiger charge is 2.19. The number of hydrogen-bond acceptors (Lipinski definition) is 4. The van der Waals surface area contributed by atoms with Crippen LogP contribution in [0.25, 0.3) is 93.8 Å². The van der Waals surface area contributed by atoms with Crippen molar-refractivity contribution in [2.45, 2.75) is 0 Å². The maximum Gasteiger partial charge on any atom is 0.215 e. The van der Waals surface area contributed by atoms with Crippen molar-refractivity contribution in [3.8, 4) is 22.5 Å². The Morgan fingerprint density at radius 1 is 0.500 bits per heavy atom. The summed E-state index contributed by atoms with van der Waals surface area (Å²) in [5.74, 6) is 0. The Bertz CT molecular complexity index is 2780. The molecule has 0 aliphatic rings. The van der Waals surface area contributed by atoms with E-state index in [1.54, 1.807) is 0 Å². The number of fused-ring (bicyclic) bond motifs is 13. The number of benzene rings is 5. The number of furan rings is 1. The Balaban J connectivity index is 1.23. The van der Waals surface area contributed by atoms with Gasteiger partial charge in [-0.1, -0.05) is 91.0 Å². The zero-order valence-electron chi connectivity index (χ0n) is 23.4. The van der Waals surface area contributed by atoms with Crippen LogP contribution in [0.2, 0.25) is 0 Å². The number of rotatable bonds is 2. The van der Waals surface area contributed by atoms with Crippen LogP contribution >= 0.6 is 0 Å². The molecule has 0 fully saturated rings. The monoisotopic (exact) mass is 562 g/mol. The molecular weight excluding hydrogens is 540 g/mol. The molecule has 5 aromatic heterocycles. The van der Waals surface area contributed by atoms with Crippen LogP contribution in [0.5, 0.6) is 0 Å². The molecule has 0 atom stereocenters. The molecular formula is C39H22N4O. The average Bonchev–Trinajstić information content (AvgIpc) is 3.67. The molecule has 204 valence electrons. The van der Waals surface area contributed by atoms with E-state index >= 15 is 0 Å². The fourth-order valence-corrected chi connectivity index (χ4v) is 6.67. The molecule has 10 aromatic rings. The number of para-hydroxylation sites is 2. The van der Waals surface area contributed by atoms with Gasteiger partial charge in [0.25, 0.3) is 0 Å². The van der Waals surface area contributed by atoms with E-state index in [2.05, 4.69) is 108 Å². The van der Waals surface area contributed by atoms with Crippen LogP contribution in [0.3, 0.4) is 0 Å². The van der Waals surface area contributed by atoms with E-state index in [4.69, 9.17) is 19.4 Å². The summed E-state index contributed by atoms with van der Waals surface area (Å²) < 4.78 is 8.76. The number of aromatic nitrogens is 4. The smallest absolute Gasteiger partial charge is 0.215 e. The second-order valence-corrected chi connectivity index (χ2v) is 11.3. The van der Waals surface area contributed by atoms with Gasteiger partial charge < -0.3 is 4.42 Å². The van der Waals surface area contributed by atoms with Crippen molar-refractivity contribution in [2.75, 3.05) is 0 Å². The Kier molecular flexibility index (Phi) is 4.66. The van der Waals surface area contributed by atoms with Crippen molar-refractivity contribution in [3.05, 3.63) is 133 Å². The van der Waals surface area contributed by atoms with Crippen LogP contribution in [0, 0.1) is 0 Å². The van der Waals surface area contributed by atoms with Gasteiger partial charge in [-0.15, -0.1) is 0 Å². The summed E-state index contributed by atoms with van der Waals surface area (Å²) >= 11 is 0. The SMILES string of the molecule is c1ccc(-c2ccc3ccc4ccc(-c5ccc6oc7c(c6c5)c5ccccc5c5nc6ccccc6n57)nc4c3n2)cc1. The zero-order chi connectivity index (χ0) is 28.8. The molecule has 5 nitrogen and oxygen atoms in total. The van der Waals surface area contributed by atoms with Crippen LogP contribution in [0.15, 0.2) is 138 Å². The van der Waals surface area contributed by atoms with E-state index in [1.165, 1.54) is 0 Å². The van der Waals surface area contributed by atoms with Crippen LogP contribution in [0.1, 0.15) is 0 Å². The van der Waals surface area contributed by atoms with Crippen molar-refractivity contribution in [3.63, 3.8) is 0 Å². The fraction of sp³-hybridized carbons (Fsp3) is 0. The minimum atomic E-state index is 0.801. The van der Waals surface area contributed by atoms with Gasteiger partial charge in [0.15, 0.2) is 0 Å². The van der Waals surface area contributed by atoms with Gasteiger partial charge >= 0.3 is 0 Å². The summed E-state index contributed by atoms with van der Waals surface area (Å²) in [6.45, 7) is 0. The normalized spacial score (nSPS) is 12.1. The third-order valence-electron chi connectivity index (χ3n) is 8.76. The van der Waals surface area contributed by atoms with Gasteiger partial charge in [0.05, 0.1) is 38.8 Å². The summed E-state index contributed by atoms with van der Waals surface area (Å²) in [4.78, 5) is 15.3. The number of nitrogens with zero attached hydrogens (tertiary/aromatic N) is 4. The van der Waals surface area contributed by atoms with Crippen molar-refractivity contribution >= 4 is 71.3 Å². The maximum absolute atomic E-state index is 6.61. The summed E-state index contributed by atoms with van der Waals surface area (Å²) in [5, 5.41) is 6.48. The third kappa shape index (κ3) is 3.26. The maximum atomic E-state index is 6.61. The predicted octanol–water partition coefficient (Wildman–Crippen LogP) is 9.97. The van der Waals surface area contributed by atoms with Gasteiger partial charge in [-0.3, -0.25) is 4.40 Å². The lowest BCUT2D eigenvalue weighted by Crippen LogP contribution is -1.91. The second-order valence-electron chi connectivity index (χ2n) is 11.3. The Labute approximate surface area is 250 Å². The molecule has 0 bridgehead atoms. The molecule has 0 saturated carbocycles. The molecule has 0 aliphatic heterocycles. The first-order valence-electron chi connectivity index (χ1n) is 14.7. The van der Waals surface area contributed by atoms with Gasteiger partial charge in [-0.25, -0.2) is 15.0 Å². The van der Waals surface area contributed by atoms with Gasteiger partial charge in [-0.05, 0) is 47.9 Å². The van der Waals surface area contributed by atoms with Crippen molar-refractivity contribution in [1.82, 2.24) is 19.4 Å². The zero-order valence-corrected chi connectivity index (χ0v) is 23.4. The first-order valence-corrected chi connectivity index (χ1v) is 14.7. The van der Waals surface area contributed by atoms with Crippen LogP contribution in [-0.4, -0.2) is 19.4 Å². The molecule has 0 unspecified atom stereocenters.